The summed E-state index contributed by atoms with van der Waals surface area (Å²) in [5, 5.41) is 14.4. The summed E-state index contributed by atoms with van der Waals surface area (Å²) in [6, 6.07) is 0. The Labute approximate surface area is 121 Å². The minimum absolute atomic E-state index is 0.0499. The molecule has 0 aliphatic rings. The highest BCUT2D eigenvalue weighted by molar-refractivity contribution is 5.77. The molecule has 0 aromatic carbocycles. The van der Waals surface area contributed by atoms with Gasteiger partial charge in [0.05, 0.1) is 19.3 Å². The van der Waals surface area contributed by atoms with Crippen LogP contribution in [0.4, 0.5) is 0 Å². The van der Waals surface area contributed by atoms with Crippen molar-refractivity contribution < 1.29 is 9.32 Å². The van der Waals surface area contributed by atoms with E-state index in [0.29, 0.717) is 24.0 Å². The summed E-state index contributed by atoms with van der Waals surface area (Å²) >= 11 is 0. The van der Waals surface area contributed by atoms with Crippen LogP contribution in [-0.4, -0.2) is 37.6 Å². The van der Waals surface area contributed by atoms with Crippen LogP contribution in [0, 0.1) is 0 Å². The third kappa shape index (κ3) is 4.09. The van der Waals surface area contributed by atoms with Crippen molar-refractivity contribution >= 4 is 5.91 Å². The maximum atomic E-state index is 11.1. The molecular weight excluding hydrogens is 274 g/mol. The first-order valence-electron chi connectivity index (χ1n) is 6.57. The second-order valence-electron chi connectivity index (χ2n) is 5.65. The number of nitrogens with one attached hydrogen (secondary N) is 1. The van der Waals surface area contributed by atoms with Crippen LogP contribution in [-0.2, 0) is 23.3 Å². The van der Waals surface area contributed by atoms with Gasteiger partial charge < -0.3 is 15.6 Å². The summed E-state index contributed by atoms with van der Waals surface area (Å²) in [7, 11) is 0. The lowest BCUT2D eigenvalue weighted by Crippen LogP contribution is -2.29. The van der Waals surface area contributed by atoms with Gasteiger partial charge in [-0.25, -0.2) is 4.68 Å². The Kier molecular flexibility index (Phi) is 4.32. The van der Waals surface area contributed by atoms with Crippen molar-refractivity contribution in [3.05, 3.63) is 23.6 Å². The SMILES string of the molecule is CC(C)(C)c1noc(Cn2cc(CNC(=O)CN)nn2)n1. The third-order valence-electron chi connectivity index (χ3n) is 2.67. The van der Waals surface area contributed by atoms with Crippen molar-refractivity contribution in [1.29, 1.82) is 0 Å². The van der Waals surface area contributed by atoms with E-state index in [-0.39, 0.29) is 24.4 Å². The van der Waals surface area contributed by atoms with Crippen LogP contribution in [0.3, 0.4) is 0 Å². The van der Waals surface area contributed by atoms with Crippen LogP contribution < -0.4 is 11.1 Å². The molecule has 114 valence electrons. The summed E-state index contributed by atoms with van der Waals surface area (Å²) in [4.78, 5) is 15.4. The Morgan fingerprint density at radius 2 is 2.24 bits per heavy atom. The number of carbonyl (C=O) groups excluding carboxylic acids is 1. The Bertz CT molecular complexity index is 611. The molecule has 21 heavy (non-hydrogen) atoms. The molecule has 0 radical (unpaired) electrons. The lowest BCUT2D eigenvalue weighted by Gasteiger charge is -2.10. The van der Waals surface area contributed by atoms with Gasteiger partial charge in [0.25, 0.3) is 0 Å². The van der Waals surface area contributed by atoms with E-state index >= 15 is 0 Å². The molecule has 0 aliphatic carbocycles. The molecule has 0 saturated carbocycles. The van der Waals surface area contributed by atoms with Crippen molar-refractivity contribution in [1.82, 2.24) is 30.5 Å². The van der Waals surface area contributed by atoms with Crippen LogP contribution >= 0.6 is 0 Å². The van der Waals surface area contributed by atoms with Crippen molar-refractivity contribution in [3.63, 3.8) is 0 Å². The predicted molar refractivity (Wildman–Crippen MR) is 73.0 cm³/mol. The normalized spacial score (nSPS) is 11.6. The van der Waals surface area contributed by atoms with Gasteiger partial charge in [-0.3, -0.25) is 4.79 Å². The number of hydrogen-bond acceptors (Lipinski definition) is 7. The van der Waals surface area contributed by atoms with Crippen LogP contribution in [0.15, 0.2) is 10.7 Å². The van der Waals surface area contributed by atoms with Gasteiger partial charge in [0.1, 0.15) is 12.2 Å². The molecule has 2 aromatic rings. The number of carbonyl (C=O) groups is 1. The zero-order valence-corrected chi connectivity index (χ0v) is 12.3. The standard InChI is InChI=1S/C12H19N7O2/c1-12(2,3)11-15-10(21-17-11)7-19-6-8(16-18-19)5-14-9(20)4-13/h6H,4-5,7,13H2,1-3H3,(H,14,20). The van der Waals surface area contributed by atoms with E-state index in [2.05, 4.69) is 25.8 Å². The van der Waals surface area contributed by atoms with Crippen molar-refractivity contribution in [2.24, 2.45) is 5.73 Å². The number of nitrogens with zero attached hydrogens (tertiary/aromatic N) is 5. The molecule has 0 unspecified atom stereocenters. The van der Waals surface area contributed by atoms with Crippen LogP contribution in [0.5, 0.6) is 0 Å². The van der Waals surface area contributed by atoms with E-state index in [1.54, 1.807) is 10.9 Å². The Balaban J connectivity index is 1.96. The zero-order valence-electron chi connectivity index (χ0n) is 12.3. The van der Waals surface area contributed by atoms with Crippen LogP contribution in [0.2, 0.25) is 0 Å². The van der Waals surface area contributed by atoms with Gasteiger partial charge in [-0.2, -0.15) is 4.98 Å². The van der Waals surface area contributed by atoms with Gasteiger partial charge in [0, 0.05) is 5.41 Å². The summed E-state index contributed by atoms with van der Waals surface area (Å²) in [6.45, 7) is 6.60. The third-order valence-corrected chi connectivity index (χ3v) is 2.67. The van der Waals surface area contributed by atoms with Crippen LogP contribution in [0.25, 0.3) is 0 Å². The second-order valence-corrected chi connectivity index (χ2v) is 5.65. The highest BCUT2D eigenvalue weighted by Crippen LogP contribution is 2.18. The molecule has 0 fully saturated rings. The first kappa shape index (κ1) is 15.1. The van der Waals surface area contributed by atoms with E-state index in [1.807, 2.05) is 20.8 Å². The second kappa shape index (κ2) is 6.00. The molecule has 2 heterocycles. The van der Waals surface area contributed by atoms with Gasteiger partial charge in [0.2, 0.25) is 11.8 Å². The molecule has 2 aromatic heterocycles. The van der Waals surface area contributed by atoms with Gasteiger partial charge in [-0.05, 0) is 0 Å². The molecule has 2 rings (SSSR count). The topological polar surface area (TPSA) is 125 Å². The molecule has 0 saturated heterocycles. The average molecular weight is 293 g/mol. The molecule has 0 bridgehead atoms. The van der Waals surface area contributed by atoms with E-state index in [1.165, 1.54) is 0 Å². The largest absolute Gasteiger partial charge is 0.349 e. The van der Waals surface area contributed by atoms with Gasteiger partial charge in [0.15, 0.2) is 5.82 Å². The van der Waals surface area contributed by atoms with Crippen LogP contribution in [0.1, 0.15) is 38.2 Å². The van der Waals surface area contributed by atoms with E-state index in [0.717, 1.165) is 0 Å². The first-order valence-corrected chi connectivity index (χ1v) is 6.57. The van der Waals surface area contributed by atoms with Gasteiger partial charge in [-0.15, -0.1) is 5.10 Å². The van der Waals surface area contributed by atoms with Crippen molar-refractivity contribution in [3.8, 4) is 0 Å². The average Bonchev–Trinajstić information content (AvgIpc) is 3.05. The minimum Gasteiger partial charge on any atom is -0.349 e. The lowest BCUT2D eigenvalue weighted by atomic mass is 9.96. The molecule has 3 N–H and O–H groups in total. The summed E-state index contributed by atoms with van der Waals surface area (Å²) in [5.41, 5.74) is 5.67. The molecule has 9 nitrogen and oxygen atoms in total. The number of aromatic nitrogens is 5. The summed E-state index contributed by atoms with van der Waals surface area (Å²) < 4.78 is 6.76. The molecule has 0 aliphatic heterocycles. The summed E-state index contributed by atoms with van der Waals surface area (Å²) in [6.07, 6.45) is 1.71. The fourth-order valence-electron chi connectivity index (χ4n) is 1.52. The van der Waals surface area contributed by atoms with Gasteiger partial charge >= 0.3 is 0 Å². The van der Waals surface area contributed by atoms with Gasteiger partial charge in [-0.1, -0.05) is 31.1 Å². The molecule has 0 spiro atoms. The number of nitrogens with two attached hydrogens (primary N) is 1. The van der Waals surface area contributed by atoms with E-state index in [9.17, 15) is 4.79 Å². The fraction of sp³-hybridized carbons (Fsp3) is 0.583. The lowest BCUT2D eigenvalue weighted by molar-refractivity contribution is -0.119. The predicted octanol–water partition coefficient (Wildman–Crippen LogP) is -0.418. The van der Waals surface area contributed by atoms with Crippen molar-refractivity contribution in [2.75, 3.05) is 6.54 Å². The first-order chi connectivity index (χ1) is 9.88. The quantitative estimate of drug-likeness (QED) is 0.767. The molecule has 9 heteroatoms. The monoisotopic (exact) mass is 293 g/mol. The van der Waals surface area contributed by atoms with E-state index < -0.39 is 0 Å². The number of rotatable bonds is 5. The van der Waals surface area contributed by atoms with E-state index in [4.69, 9.17) is 10.3 Å². The Morgan fingerprint density at radius 1 is 1.48 bits per heavy atom. The Morgan fingerprint density at radius 3 is 2.86 bits per heavy atom. The Hall–Kier alpha value is -2.29. The highest BCUT2D eigenvalue weighted by Gasteiger charge is 2.21. The molecule has 0 atom stereocenters. The highest BCUT2D eigenvalue weighted by atomic mass is 16.5. The molecular formula is C12H19N7O2. The zero-order chi connectivity index (χ0) is 15.5. The summed E-state index contributed by atoms with van der Waals surface area (Å²) in [5.74, 6) is 0.867. The maximum Gasteiger partial charge on any atom is 0.248 e. The minimum atomic E-state index is -0.240. The smallest absolute Gasteiger partial charge is 0.248 e. The maximum absolute atomic E-state index is 11.1. The van der Waals surface area contributed by atoms with Crippen molar-refractivity contribution in [2.45, 2.75) is 39.3 Å². The fourth-order valence-corrected chi connectivity index (χ4v) is 1.52. The molecule has 1 amide bonds. The number of amides is 1. The number of hydrogen-bond donors (Lipinski definition) is 2.